The summed E-state index contributed by atoms with van der Waals surface area (Å²) in [7, 11) is 0. The number of nitrogens with zero attached hydrogens (tertiary/aromatic N) is 2. The number of hydrogen-bond donors (Lipinski definition) is 0. The fourth-order valence-corrected chi connectivity index (χ4v) is 0.474. The largest absolute Gasteiger partial charge is 1.00 e. The van der Waals surface area contributed by atoms with Crippen molar-refractivity contribution in [2.45, 2.75) is 0 Å². The van der Waals surface area contributed by atoms with Crippen molar-refractivity contribution >= 4 is 11.4 Å². The van der Waals surface area contributed by atoms with Gasteiger partial charge in [-0.25, -0.2) is 4.21 Å². The van der Waals surface area contributed by atoms with Crippen molar-refractivity contribution in [2.75, 3.05) is 0 Å². The van der Waals surface area contributed by atoms with Crippen LogP contribution in [-0.2, 0) is 11.4 Å². The maximum atomic E-state index is 9.74. The van der Waals surface area contributed by atoms with Gasteiger partial charge in [-0.3, -0.25) is 0 Å². The van der Waals surface area contributed by atoms with Crippen LogP contribution < -0.4 is 23.0 Å². The Kier molecular flexibility index (Phi) is 4.30. The van der Waals surface area contributed by atoms with Crippen molar-refractivity contribution in [2.24, 2.45) is 0 Å². The van der Waals surface area contributed by atoms with Crippen molar-refractivity contribution < 1.29 is 36.3 Å². The first-order valence-electron chi connectivity index (χ1n) is 1.83. The minimum atomic E-state index is -2.61. The molecule has 1 atom stereocenters. The van der Waals surface area contributed by atoms with Gasteiger partial charge in [0.2, 0.25) is 0 Å². The summed E-state index contributed by atoms with van der Waals surface area (Å²) < 4.78 is 27.6. The van der Waals surface area contributed by atoms with E-state index in [1.807, 2.05) is 0 Å². The number of aromatic nitrogens is 2. The average Bonchev–Trinajstić information content (AvgIpc) is 2.15. The zero-order valence-corrected chi connectivity index (χ0v) is 5.83. The molecule has 0 saturated heterocycles. The van der Waals surface area contributed by atoms with Crippen LogP contribution in [0.5, 0.6) is 5.88 Å². The third kappa shape index (κ3) is 2.98. The Hall–Kier alpha value is -0.353. The standard InChI is InChI=1S/C2H2N2O4S.Li/c5-9(6)8-2-1-7-4-3-2;/h1H,(H,5,6);/q;+1/p-1. The van der Waals surface area contributed by atoms with Crippen LogP contribution in [0.2, 0.25) is 0 Å². The van der Waals surface area contributed by atoms with Crippen molar-refractivity contribution in [1.82, 2.24) is 10.4 Å². The first-order chi connectivity index (χ1) is 4.29. The smallest absolute Gasteiger partial charge is 0.740 e. The van der Waals surface area contributed by atoms with Crippen LogP contribution in [0.1, 0.15) is 0 Å². The Bertz CT molecular complexity index is 201. The Morgan fingerprint density at radius 2 is 2.50 bits per heavy atom. The second-order valence-electron chi connectivity index (χ2n) is 1.03. The Morgan fingerprint density at radius 3 is 2.90 bits per heavy atom. The minimum absolute atomic E-state index is 0. The molecule has 0 radical (unpaired) electrons. The summed E-state index contributed by atoms with van der Waals surface area (Å²) in [5.74, 6) is -0.177. The van der Waals surface area contributed by atoms with E-state index in [4.69, 9.17) is 0 Å². The second kappa shape index (κ2) is 4.46. The molecule has 0 fully saturated rings. The van der Waals surface area contributed by atoms with Crippen molar-refractivity contribution in [1.29, 1.82) is 0 Å². The van der Waals surface area contributed by atoms with E-state index in [0.717, 1.165) is 6.26 Å². The summed E-state index contributed by atoms with van der Waals surface area (Å²) >= 11 is -2.61. The van der Waals surface area contributed by atoms with E-state index >= 15 is 0 Å². The maximum absolute atomic E-state index is 9.74. The third-order valence-corrected chi connectivity index (χ3v) is 0.800. The van der Waals surface area contributed by atoms with Crippen molar-refractivity contribution in [3.63, 3.8) is 0 Å². The summed E-state index contributed by atoms with van der Waals surface area (Å²) in [5.41, 5.74) is 0. The van der Waals surface area contributed by atoms with E-state index in [9.17, 15) is 8.76 Å². The molecule has 0 spiro atoms. The van der Waals surface area contributed by atoms with E-state index in [1.165, 1.54) is 0 Å². The van der Waals surface area contributed by atoms with Gasteiger partial charge in [-0.05, 0) is 0 Å². The molecule has 50 valence electrons. The van der Waals surface area contributed by atoms with Gasteiger partial charge in [0.25, 0.3) is 5.88 Å². The topological polar surface area (TPSA) is 88.3 Å². The molecule has 0 saturated carbocycles. The molecule has 0 N–H and O–H groups in total. The molecule has 0 bridgehead atoms. The van der Waals surface area contributed by atoms with Gasteiger partial charge in [-0.1, -0.05) is 5.10 Å². The van der Waals surface area contributed by atoms with Crippen LogP contribution in [0, 0.1) is 0 Å². The van der Waals surface area contributed by atoms with Crippen molar-refractivity contribution in [3.8, 4) is 5.88 Å². The van der Waals surface area contributed by atoms with E-state index in [-0.39, 0.29) is 24.7 Å². The first kappa shape index (κ1) is 9.65. The Balaban J connectivity index is 0.000000810. The molecule has 0 aliphatic rings. The number of hydrogen-bond acceptors (Lipinski definition) is 6. The molecule has 8 heteroatoms. The quantitative estimate of drug-likeness (QED) is 0.323. The number of rotatable bonds is 2. The molecule has 0 aromatic carbocycles. The fraction of sp³-hybridized carbons (Fsp3) is 0. The monoisotopic (exact) mass is 156 g/mol. The zero-order valence-electron chi connectivity index (χ0n) is 5.01. The molecule has 1 rings (SSSR count). The Labute approximate surface area is 70.6 Å². The summed E-state index contributed by atoms with van der Waals surface area (Å²) in [6.07, 6.45) is 0.968. The molecule has 1 heterocycles. The van der Waals surface area contributed by atoms with E-state index < -0.39 is 11.4 Å². The average molecular weight is 156 g/mol. The van der Waals surface area contributed by atoms with Gasteiger partial charge < -0.3 is 13.3 Å². The van der Waals surface area contributed by atoms with Gasteiger partial charge in [0.1, 0.15) is 11.4 Å². The van der Waals surface area contributed by atoms with Gasteiger partial charge in [-0.15, -0.1) is 0 Å². The van der Waals surface area contributed by atoms with Gasteiger partial charge in [0.15, 0.2) is 6.26 Å². The molecule has 6 nitrogen and oxygen atoms in total. The molecule has 10 heavy (non-hydrogen) atoms. The van der Waals surface area contributed by atoms with Crippen LogP contribution in [0.4, 0.5) is 0 Å². The van der Waals surface area contributed by atoms with Crippen LogP contribution in [0.3, 0.4) is 0 Å². The zero-order chi connectivity index (χ0) is 6.69. The SMILES string of the molecule is O=S([O-])Oc1conn1.[Li+]. The van der Waals surface area contributed by atoms with Crippen LogP contribution in [-0.4, -0.2) is 19.1 Å². The van der Waals surface area contributed by atoms with Crippen LogP contribution in [0.25, 0.3) is 0 Å². The van der Waals surface area contributed by atoms with Crippen LogP contribution >= 0.6 is 0 Å². The Morgan fingerprint density at radius 1 is 1.80 bits per heavy atom. The molecule has 0 aliphatic heterocycles. The summed E-state index contributed by atoms with van der Waals surface area (Å²) in [5, 5.41) is 6.08. The van der Waals surface area contributed by atoms with Gasteiger partial charge in [0, 0.05) is 5.27 Å². The van der Waals surface area contributed by atoms with Crippen molar-refractivity contribution in [3.05, 3.63) is 6.26 Å². The normalized spacial score (nSPS) is 11.7. The molecular formula is C2HLiN2O4S. The van der Waals surface area contributed by atoms with E-state index in [1.54, 1.807) is 0 Å². The third-order valence-electron chi connectivity index (χ3n) is 0.493. The molecular weight excluding hydrogens is 155 g/mol. The maximum Gasteiger partial charge on any atom is 1.00 e. The van der Waals surface area contributed by atoms with E-state index in [2.05, 4.69) is 19.1 Å². The van der Waals surface area contributed by atoms with E-state index in [0.29, 0.717) is 0 Å². The fourth-order valence-electron chi connectivity index (χ4n) is 0.262. The van der Waals surface area contributed by atoms with Gasteiger partial charge in [-0.2, -0.15) is 0 Å². The molecule has 1 aromatic rings. The van der Waals surface area contributed by atoms with Gasteiger partial charge in [0.05, 0.1) is 0 Å². The molecule has 1 aromatic heterocycles. The van der Waals surface area contributed by atoms with Crippen LogP contribution in [0.15, 0.2) is 10.8 Å². The summed E-state index contributed by atoms with van der Waals surface area (Å²) in [6, 6.07) is 0. The minimum Gasteiger partial charge on any atom is -0.740 e. The molecule has 1 unspecified atom stereocenters. The first-order valence-corrected chi connectivity index (χ1v) is 2.83. The second-order valence-corrected chi connectivity index (χ2v) is 1.61. The predicted octanol–water partition coefficient (Wildman–Crippen LogP) is -3.75. The molecule has 0 aliphatic carbocycles. The summed E-state index contributed by atoms with van der Waals surface area (Å²) in [4.78, 5) is 0. The predicted molar refractivity (Wildman–Crippen MR) is 23.8 cm³/mol. The van der Waals surface area contributed by atoms with Gasteiger partial charge >= 0.3 is 18.9 Å². The molecule has 0 amide bonds. The summed E-state index contributed by atoms with van der Waals surface area (Å²) in [6.45, 7) is 0.